The Morgan fingerprint density at radius 1 is 1.18 bits per heavy atom. The van der Waals surface area contributed by atoms with Crippen molar-refractivity contribution in [1.29, 1.82) is 0 Å². The minimum atomic E-state index is -0.468. The van der Waals surface area contributed by atoms with Crippen LogP contribution in [0.25, 0.3) is 0 Å². The molecule has 126 valence electrons. The molecule has 2 fully saturated rings. The van der Waals surface area contributed by atoms with E-state index in [0.717, 1.165) is 12.3 Å². The molecule has 2 saturated carbocycles. The van der Waals surface area contributed by atoms with Crippen LogP contribution >= 0.6 is 24.8 Å². The maximum atomic E-state index is 10.3. The number of nitrogens with one attached hydrogen (secondary N) is 1. The number of benzene rings is 1. The summed E-state index contributed by atoms with van der Waals surface area (Å²) in [5, 5.41) is 13.9. The Hall–Kier alpha value is -0.320. The highest BCUT2D eigenvalue weighted by molar-refractivity contribution is 5.85. The molecule has 0 radical (unpaired) electrons. The van der Waals surface area contributed by atoms with E-state index in [0.29, 0.717) is 12.1 Å². The minimum absolute atomic E-state index is 0. The van der Waals surface area contributed by atoms with Crippen molar-refractivity contribution in [3.05, 3.63) is 35.9 Å². The topological polar surface area (TPSA) is 58.3 Å². The molecule has 2 bridgehead atoms. The Balaban J connectivity index is 0.00000121. The van der Waals surface area contributed by atoms with Crippen molar-refractivity contribution in [3.63, 3.8) is 0 Å². The number of hydrogen-bond acceptors (Lipinski definition) is 3. The van der Waals surface area contributed by atoms with Crippen LogP contribution in [0.3, 0.4) is 0 Å². The first kappa shape index (κ1) is 19.7. The van der Waals surface area contributed by atoms with E-state index in [1.54, 1.807) is 0 Å². The molecule has 2 aliphatic carbocycles. The molecule has 0 unspecified atom stereocenters. The van der Waals surface area contributed by atoms with Gasteiger partial charge in [0, 0.05) is 18.1 Å². The molecule has 3 nitrogen and oxygen atoms in total. The molecule has 0 aliphatic heterocycles. The average Bonchev–Trinajstić information content (AvgIpc) is 3.07. The fourth-order valence-electron chi connectivity index (χ4n) is 3.93. The van der Waals surface area contributed by atoms with Crippen molar-refractivity contribution in [2.45, 2.75) is 56.2 Å². The predicted octanol–water partition coefficient (Wildman–Crippen LogP) is 2.68. The number of aliphatic hydroxyl groups is 1. The van der Waals surface area contributed by atoms with Gasteiger partial charge in [0.15, 0.2) is 0 Å². The maximum Gasteiger partial charge on any atom is 0.0818 e. The van der Waals surface area contributed by atoms with Gasteiger partial charge in [-0.05, 0) is 50.0 Å². The highest BCUT2D eigenvalue weighted by atomic mass is 35.5. The summed E-state index contributed by atoms with van der Waals surface area (Å²) in [7, 11) is 0. The summed E-state index contributed by atoms with van der Waals surface area (Å²) >= 11 is 0. The normalized spacial score (nSPS) is 28.5. The molecule has 3 rings (SSSR count). The van der Waals surface area contributed by atoms with Crippen LogP contribution in [0.5, 0.6) is 0 Å². The summed E-state index contributed by atoms with van der Waals surface area (Å²) in [6.45, 7) is 0.626. The van der Waals surface area contributed by atoms with Crippen LogP contribution in [0, 0.1) is 5.92 Å². The van der Waals surface area contributed by atoms with Crippen molar-refractivity contribution < 1.29 is 5.11 Å². The Bertz CT molecular complexity index is 436. The van der Waals surface area contributed by atoms with E-state index in [1.807, 2.05) is 18.2 Å². The monoisotopic (exact) mass is 346 g/mol. The second-order valence-corrected chi connectivity index (χ2v) is 6.73. The molecule has 2 aliphatic rings. The van der Waals surface area contributed by atoms with Crippen molar-refractivity contribution in [2.24, 2.45) is 11.7 Å². The van der Waals surface area contributed by atoms with Crippen LogP contribution in [-0.2, 0) is 6.42 Å². The van der Waals surface area contributed by atoms with Gasteiger partial charge in [0.2, 0.25) is 0 Å². The largest absolute Gasteiger partial charge is 0.390 e. The van der Waals surface area contributed by atoms with Crippen molar-refractivity contribution in [1.82, 2.24) is 5.32 Å². The zero-order valence-corrected chi connectivity index (χ0v) is 14.5. The van der Waals surface area contributed by atoms with Crippen molar-refractivity contribution in [2.75, 3.05) is 6.54 Å². The van der Waals surface area contributed by atoms with Gasteiger partial charge in [0.1, 0.15) is 0 Å². The number of β-amino-alcohol motifs (C(OH)–C–C–N with tert-alkyl or cyclic N) is 1. The van der Waals surface area contributed by atoms with Gasteiger partial charge in [0.05, 0.1) is 6.10 Å². The van der Waals surface area contributed by atoms with Crippen LogP contribution in [0.4, 0.5) is 0 Å². The number of aliphatic hydroxyl groups excluding tert-OH is 1. The SMILES string of the molecule is Cl.Cl.N[C@@H](Cc1ccccc1)[C@H](O)CNC12CCC(CC1)C2. The van der Waals surface area contributed by atoms with E-state index < -0.39 is 6.10 Å². The van der Waals surface area contributed by atoms with Gasteiger partial charge in [-0.3, -0.25) is 0 Å². The first-order valence-corrected chi connectivity index (χ1v) is 7.89. The van der Waals surface area contributed by atoms with Gasteiger partial charge in [-0.2, -0.15) is 0 Å². The fourth-order valence-corrected chi connectivity index (χ4v) is 3.93. The number of hydrogen-bond donors (Lipinski definition) is 3. The van der Waals surface area contributed by atoms with E-state index in [1.165, 1.54) is 37.7 Å². The van der Waals surface area contributed by atoms with Crippen molar-refractivity contribution in [3.8, 4) is 0 Å². The Labute approximate surface area is 145 Å². The van der Waals surface area contributed by atoms with Gasteiger partial charge in [-0.15, -0.1) is 24.8 Å². The summed E-state index contributed by atoms with van der Waals surface area (Å²) in [5.74, 6) is 0.928. The first-order valence-electron chi connectivity index (χ1n) is 7.89. The van der Waals surface area contributed by atoms with Gasteiger partial charge < -0.3 is 16.2 Å². The lowest BCUT2D eigenvalue weighted by molar-refractivity contribution is 0.127. The lowest BCUT2D eigenvalue weighted by Crippen LogP contribution is -2.50. The van der Waals surface area contributed by atoms with E-state index in [2.05, 4.69) is 17.4 Å². The molecule has 2 atom stereocenters. The van der Waals surface area contributed by atoms with Gasteiger partial charge >= 0.3 is 0 Å². The van der Waals surface area contributed by atoms with E-state index in [9.17, 15) is 5.11 Å². The third-order valence-corrected chi connectivity index (χ3v) is 5.24. The van der Waals surface area contributed by atoms with E-state index in [-0.39, 0.29) is 30.9 Å². The molecule has 4 N–H and O–H groups in total. The molecule has 5 heteroatoms. The molecule has 22 heavy (non-hydrogen) atoms. The van der Waals surface area contributed by atoms with E-state index >= 15 is 0 Å². The first-order chi connectivity index (χ1) is 9.67. The highest BCUT2D eigenvalue weighted by Crippen LogP contribution is 2.47. The zero-order valence-electron chi connectivity index (χ0n) is 12.9. The quantitative estimate of drug-likeness (QED) is 0.742. The molecule has 1 aromatic rings. The molecule has 0 saturated heterocycles. The smallest absolute Gasteiger partial charge is 0.0818 e. The minimum Gasteiger partial charge on any atom is -0.390 e. The van der Waals surface area contributed by atoms with Crippen LogP contribution in [0.2, 0.25) is 0 Å². The van der Waals surface area contributed by atoms with Crippen LogP contribution in [0.1, 0.15) is 37.7 Å². The van der Waals surface area contributed by atoms with Crippen LogP contribution < -0.4 is 11.1 Å². The summed E-state index contributed by atoms with van der Waals surface area (Å²) < 4.78 is 0. The molecule has 0 aromatic heterocycles. The predicted molar refractivity (Wildman–Crippen MR) is 95.9 cm³/mol. The molecule has 0 spiro atoms. The summed E-state index contributed by atoms with van der Waals surface area (Å²) in [5.41, 5.74) is 7.65. The third-order valence-electron chi connectivity index (χ3n) is 5.24. The summed E-state index contributed by atoms with van der Waals surface area (Å²) in [4.78, 5) is 0. The van der Waals surface area contributed by atoms with Gasteiger partial charge in [0.25, 0.3) is 0 Å². The maximum absolute atomic E-state index is 10.3. The molecular weight excluding hydrogens is 319 g/mol. The number of rotatable bonds is 6. The molecule has 0 heterocycles. The fraction of sp³-hybridized carbons (Fsp3) is 0.647. The van der Waals surface area contributed by atoms with Crippen LogP contribution in [-0.4, -0.2) is 29.3 Å². The number of halogens is 2. The number of fused-ring (bicyclic) bond motifs is 2. The Kier molecular flexibility index (Phi) is 7.63. The van der Waals surface area contributed by atoms with Gasteiger partial charge in [-0.1, -0.05) is 30.3 Å². The third kappa shape index (κ3) is 4.59. The Morgan fingerprint density at radius 3 is 2.36 bits per heavy atom. The standard InChI is InChI=1S/C17H26N2O.2ClH/c18-15(10-13-4-2-1-3-5-13)16(20)12-19-17-8-6-14(11-17)7-9-17;;/h1-5,14-16,19-20H,6-12,18H2;2*1H/t14?,15-,16+,17?;;/m0../s1. The highest BCUT2D eigenvalue weighted by Gasteiger charge is 2.44. The summed E-state index contributed by atoms with van der Waals surface area (Å²) in [6, 6.07) is 9.98. The number of nitrogens with two attached hydrogens (primary N) is 1. The Morgan fingerprint density at radius 2 is 1.82 bits per heavy atom. The molecule has 0 amide bonds. The summed E-state index contributed by atoms with van der Waals surface area (Å²) in [6.07, 6.45) is 6.84. The van der Waals surface area contributed by atoms with Crippen molar-refractivity contribution >= 4 is 24.8 Å². The average molecular weight is 347 g/mol. The molecular formula is C17H28Cl2N2O. The van der Waals surface area contributed by atoms with Gasteiger partial charge in [-0.25, -0.2) is 0 Å². The zero-order chi connectivity index (χ0) is 14.0. The van der Waals surface area contributed by atoms with E-state index in [4.69, 9.17) is 5.73 Å². The molecule has 1 aromatic carbocycles. The second kappa shape index (κ2) is 8.51. The lowest BCUT2D eigenvalue weighted by atomic mass is 9.93. The van der Waals surface area contributed by atoms with Crippen LogP contribution in [0.15, 0.2) is 30.3 Å². The second-order valence-electron chi connectivity index (χ2n) is 6.73. The lowest BCUT2D eigenvalue weighted by Gasteiger charge is -2.30.